The molecule has 0 radical (unpaired) electrons. The van der Waals surface area contributed by atoms with Crippen LogP contribution in [0, 0.1) is 0 Å². The van der Waals surface area contributed by atoms with Gasteiger partial charge in [0.1, 0.15) is 0 Å². The Morgan fingerprint density at radius 3 is 2.31 bits per heavy atom. The van der Waals surface area contributed by atoms with E-state index in [2.05, 4.69) is 67.1 Å². The lowest BCUT2D eigenvalue weighted by molar-refractivity contribution is -0.113. The fraction of sp³-hybridized carbons (Fsp3) is 0.320. The number of anilines is 2. The van der Waals surface area contributed by atoms with Crippen LogP contribution in [0.2, 0.25) is 0 Å². The van der Waals surface area contributed by atoms with Crippen molar-refractivity contribution < 1.29 is 4.79 Å². The van der Waals surface area contributed by atoms with Gasteiger partial charge in [0, 0.05) is 37.6 Å². The molecule has 0 aliphatic rings. The zero-order valence-electron chi connectivity index (χ0n) is 19.4. The second-order valence-corrected chi connectivity index (χ2v) is 9.75. The van der Waals surface area contributed by atoms with Crippen LogP contribution in [0.4, 0.5) is 11.4 Å². The van der Waals surface area contributed by atoms with Gasteiger partial charge < -0.3 is 10.2 Å². The number of benzene rings is 2. The quantitative estimate of drug-likeness (QED) is 0.377. The SMILES string of the molecule is C=CCn1c(SCC(=O)Nc2ccc(N(C)C)cc2)nnc1-c1ccc(C(C)(C)C)cc1. The molecule has 1 amide bonds. The van der Waals surface area contributed by atoms with Gasteiger partial charge in [0.2, 0.25) is 5.91 Å². The molecule has 168 valence electrons. The zero-order valence-corrected chi connectivity index (χ0v) is 20.2. The average molecular weight is 450 g/mol. The molecule has 32 heavy (non-hydrogen) atoms. The third kappa shape index (κ3) is 5.79. The number of nitrogens with zero attached hydrogens (tertiary/aromatic N) is 4. The van der Waals surface area contributed by atoms with E-state index in [0.717, 1.165) is 22.8 Å². The molecule has 2 aromatic carbocycles. The third-order valence-electron chi connectivity index (χ3n) is 5.04. The van der Waals surface area contributed by atoms with Crippen molar-refractivity contribution in [1.29, 1.82) is 0 Å². The van der Waals surface area contributed by atoms with Gasteiger partial charge in [-0.05, 0) is 35.2 Å². The Labute approximate surface area is 194 Å². The topological polar surface area (TPSA) is 63.1 Å². The Kier molecular flexibility index (Phi) is 7.40. The Hall–Kier alpha value is -3.06. The molecule has 0 aliphatic carbocycles. The van der Waals surface area contributed by atoms with Gasteiger partial charge in [-0.2, -0.15) is 0 Å². The van der Waals surface area contributed by atoms with Gasteiger partial charge in [0.05, 0.1) is 5.75 Å². The fourth-order valence-electron chi connectivity index (χ4n) is 3.19. The molecule has 3 rings (SSSR count). The molecular formula is C25H31N5OS. The van der Waals surface area contributed by atoms with Crippen molar-refractivity contribution in [2.75, 3.05) is 30.1 Å². The molecule has 0 unspecified atom stereocenters. The van der Waals surface area contributed by atoms with Gasteiger partial charge in [-0.15, -0.1) is 16.8 Å². The van der Waals surface area contributed by atoms with Crippen molar-refractivity contribution >= 4 is 29.0 Å². The predicted octanol–water partition coefficient (Wildman–Crippen LogP) is 5.23. The smallest absolute Gasteiger partial charge is 0.234 e. The molecule has 0 atom stereocenters. The fourth-order valence-corrected chi connectivity index (χ4v) is 3.94. The van der Waals surface area contributed by atoms with E-state index in [1.54, 1.807) is 0 Å². The number of amides is 1. The molecule has 1 heterocycles. The van der Waals surface area contributed by atoms with Crippen LogP contribution in [0.25, 0.3) is 11.4 Å². The number of allylic oxidation sites excluding steroid dienone is 1. The van der Waals surface area contributed by atoms with Crippen LogP contribution in [-0.2, 0) is 16.8 Å². The van der Waals surface area contributed by atoms with Gasteiger partial charge in [-0.3, -0.25) is 9.36 Å². The molecule has 0 saturated heterocycles. The summed E-state index contributed by atoms with van der Waals surface area (Å²) in [6, 6.07) is 16.1. The van der Waals surface area contributed by atoms with Crippen molar-refractivity contribution in [3.8, 4) is 11.4 Å². The highest BCUT2D eigenvalue weighted by atomic mass is 32.2. The maximum atomic E-state index is 12.5. The minimum atomic E-state index is -0.0863. The van der Waals surface area contributed by atoms with E-state index in [0.29, 0.717) is 11.7 Å². The Bertz CT molecular complexity index is 1060. The van der Waals surface area contributed by atoms with Gasteiger partial charge in [0.25, 0.3) is 0 Å². The summed E-state index contributed by atoms with van der Waals surface area (Å²) >= 11 is 1.37. The Morgan fingerprint density at radius 1 is 1.09 bits per heavy atom. The lowest BCUT2D eigenvalue weighted by Crippen LogP contribution is -2.15. The van der Waals surface area contributed by atoms with Gasteiger partial charge in [-0.1, -0.05) is 62.9 Å². The molecule has 0 fully saturated rings. The average Bonchev–Trinajstić information content (AvgIpc) is 3.15. The summed E-state index contributed by atoms with van der Waals surface area (Å²) in [5, 5.41) is 12.4. The minimum Gasteiger partial charge on any atom is -0.378 e. The molecule has 0 aliphatic heterocycles. The summed E-state index contributed by atoms with van der Waals surface area (Å²) in [4.78, 5) is 14.5. The molecule has 7 heteroatoms. The molecule has 3 aromatic rings. The maximum absolute atomic E-state index is 12.5. The second-order valence-electron chi connectivity index (χ2n) is 8.81. The van der Waals surface area contributed by atoms with E-state index in [-0.39, 0.29) is 17.1 Å². The van der Waals surface area contributed by atoms with E-state index in [4.69, 9.17) is 0 Å². The molecule has 0 spiro atoms. The van der Waals surface area contributed by atoms with Crippen LogP contribution < -0.4 is 10.2 Å². The molecular weight excluding hydrogens is 418 g/mol. The van der Waals surface area contributed by atoms with Crippen LogP contribution in [0.5, 0.6) is 0 Å². The van der Waals surface area contributed by atoms with Crippen LogP contribution in [0.1, 0.15) is 26.3 Å². The van der Waals surface area contributed by atoms with Crippen molar-refractivity contribution in [1.82, 2.24) is 14.8 Å². The number of nitrogens with one attached hydrogen (secondary N) is 1. The van der Waals surface area contributed by atoms with Gasteiger partial charge >= 0.3 is 0 Å². The molecule has 1 aromatic heterocycles. The first-order valence-electron chi connectivity index (χ1n) is 10.5. The summed E-state index contributed by atoms with van der Waals surface area (Å²) in [7, 11) is 3.97. The van der Waals surface area contributed by atoms with Crippen LogP contribution in [0.3, 0.4) is 0 Å². The first-order valence-corrected chi connectivity index (χ1v) is 11.5. The number of carbonyl (C=O) groups is 1. The lowest BCUT2D eigenvalue weighted by Gasteiger charge is -2.19. The van der Waals surface area contributed by atoms with Crippen LogP contribution in [-0.4, -0.2) is 40.5 Å². The minimum absolute atomic E-state index is 0.0863. The van der Waals surface area contributed by atoms with E-state index in [9.17, 15) is 4.79 Å². The number of hydrogen-bond acceptors (Lipinski definition) is 5. The van der Waals surface area contributed by atoms with Crippen molar-refractivity contribution in [3.63, 3.8) is 0 Å². The number of carbonyl (C=O) groups excluding carboxylic acids is 1. The largest absolute Gasteiger partial charge is 0.378 e. The monoisotopic (exact) mass is 449 g/mol. The van der Waals surface area contributed by atoms with Crippen LogP contribution >= 0.6 is 11.8 Å². The standard InChI is InChI=1S/C25H31N5OS/c1-7-16-30-23(18-8-10-19(11-9-18)25(2,3)4)27-28-24(30)32-17-22(31)26-20-12-14-21(15-13-20)29(5)6/h7-15H,1,16-17H2,2-6H3,(H,26,31). The van der Waals surface area contributed by atoms with Gasteiger partial charge in [-0.25, -0.2) is 0 Å². The number of hydrogen-bond donors (Lipinski definition) is 1. The summed E-state index contributed by atoms with van der Waals surface area (Å²) in [6.45, 7) is 11.0. The Morgan fingerprint density at radius 2 is 1.75 bits per heavy atom. The summed E-state index contributed by atoms with van der Waals surface area (Å²) < 4.78 is 1.99. The highest BCUT2D eigenvalue weighted by Gasteiger charge is 2.17. The summed E-state index contributed by atoms with van der Waals surface area (Å²) in [5.41, 5.74) is 4.20. The highest BCUT2D eigenvalue weighted by molar-refractivity contribution is 7.99. The van der Waals surface area contributed by atoms with Crippen LogP contribution in [0.15, 0.2) is 66.3 Å². The number of rotatable bonds is 8. The number of aromatic nitrogens is 3. The first-order chi connectivity index (χ1) is 15.2. The zero-order chi connectivity index (χ0) is 23.3. The number of thioether (sulfide) groups is 1. The molecule has 0 bridgehead atoms. The third-order valence-corrected chi connectivity index (χ3v) is 6.00. The maximum Gasteiger partial charge on any atom is 0.234 e. The normalized spacial score (nSPS) is 11.3. The van der Waals surface area contributed by atoms with E-state index < -0.39 is 0 Å². The van der Waals surface area contributed by atoms with E-state index in [1.165, 1.54) is 17.3 Å². The van der Waals surface area contributed by atoms with E-state index >= 15 is 0 Å². The molecule has 0 saturated carbocycles. The highest BCUT2D eigenvalue weighted by Crippen LogP contribution is 2.28. The molecule has 6 nitrogen and oxygen atoms in total. The van der Waals surface area contributed by atoms with Crippen molar-refractivity contribution in [2.24, 2.45) is 0 Å². The summed E-state index contributed by atoms with van der Waals surface area (Å²) in [6.07, 6.45) is 1.81. The Balaban J connectivity index is 1.70. The van der Waals surface area contributed by atoms with E-state index in [1.807, 2.05) is 53.9 Å². The van der Waals surface area contributed by atoms with Crippen molar-refractivity contribution in [3.05, 3.63) is 66.7 Å². The predicted molar refractivity (Wildman–Crippen MR) is 134 cm³/mol. The molecule has 1 N–H and O–H groups in total. The van der Waals surface area contributed by atoms with Gasteiger partial charge in [0.15, 0.2) is 11.0 Å². The lowest BCUT2D eigenvalue weighted by atomic mass is 9.87. The van der Waals surface area contributed by atoms with Crippen molar-refractivity contribution in [2.45, 2.75) is 37.9 Å². The first kappa shape index (κ1) is 23.6. The summed E-state index contributed by atoms with van der Waals surface area (Å²) in [5.74, 6) is 0.928. The second kappa shape index (κ2) is 10.0.